The third-order valence-electron chi connectivity index (χ3n) is 4.55. The van der Waals surface area contributed by atoms with Gasteiger partial charge in [-0.15, -0.1) is 0 Å². The smallest absolute Gasteiger partial charge is 0.138 e. The minimum atomic E-state index is 0.432. The number of hydrogen-bond donors (Lipinski definition) is 0. The highest BCUT2D eigenvalue weighted by molar-refractivity contribution is 5.50. The topological polar surface area (TPSA) is 38.5 Å². The maximum absolute atomic E-state index is 5.35. The Kier molecular flexibility index (Phi) is 4.82. The molecule has 1 unspecified atom stereocenters. The monoisotopic (exact) mass is 312 g/mol. The van der Waals surface area contributed by atoms with Gasteiger partial charge in [0.2, 0.25) is 0 Å². The molecule has 1 aromatic carbocycles. The van der Waals surface area contributed by atoms with Crippen LogP contribution in [0.2, 0.25) is 0 Å². The van der Waals surface area contributed by atoms with E-state index in [1.807, 2.05) is 26.0 Å². The summed E-state index contributed by atoms with van der Waals surface area (Å²) in [5, 5.41) is 4.11. The lowest BCUT2D eigenvalue weighted by atomic mass is 10.0. The van der Waals surface area contributed by atoms with Crippen molar-refractivity contribution >= 4 is 6.08 Å². The van der Waals surface area contributed by atoms with Crippen molar-refractivity contribution in [3.63, 3.8) is 0 Å². The minimum Gasteiger partial charge on any atom is -0.497 e. The molecule has 1 fully saturated rings. The summed E-state index contributed by atoms with van der Waals surface area (Å²) in [6.45, 7) is 6.12. The highest BCUT2D eigenvalue weighted by Gasteiger charge is 2.29. The molecule has 2 aromatic rings. The molecule has 1 atom stereocenters. The van der Waals surface area contributed by atoms with Gasteiger partial charge in [-0.05, 0) is 50.9 Å². The molecule has 0 radical (unpaired) electrons. The van der Waals surface area contributed by atoms with Gasteiger partial charge < -0.3 is 9.26 Å². The van der Waals surface area contributed by atoms with Gasteiger partial charge in [0.05, 0.1) is 12.8 Å². The van der Waals surface area contributed by atoms with Crippen LogP contribution in [0.25, 0.3) is 6.08 Å². The van der Waals surface area contributed by atoms with E-state index in [9.17, 15) is 0 Å². The first-order chi connectivity index (χ1) is 11.2. The Morgan fingerprint density at radius 2 is 2.09 bits per heavy atom. The van der Waals surface area contributed by atoms with Gasteiger partial charge in [-0.25, -0.2) is 0 Å². The number of ether oxygens (including phenoxy) is 1. The fourth-order valence-electron chi connectivity index (χ4n) is 3.38. The van der Waals surface area contributed by atoms with Crippen LogP contribution in [0.3, 0.4) is 0 Å². The first kappa shape index (κ1) is 15.8. The average Bonchev–Trinajstić information content (AvgIpc) is 3.14. The van der Waals surface area contributed by atoms with Crippen LogP contribution >= 0.6 is 0 Å². The van der Waals surface area contributed by atoms with Crippen LogP contribution in [-0.4, -0.2) is 30.3 Å². The Bertz CT molecular complexity index is 654. The van der Waals surface area contributed by atoms with Crippen LogP contribution in [0.5, 0.6) is 5.75 Å². The van der Waals surface area contributed by atoms with Gasteiger partial charge >= 0.3 is 0 Å². The lowest BCUT2D eigenvalue weighted by Crippen LogP contribution is -2.24. The summed E-state index contributed by atoms with van der Waals surface area (Å²) >= 11 is 0. The Balaban J connectivity index is 1.66. The van der Waals surface area contributed by atoms with Crippen LogP contribution in [0.1, 0.15) is 41.5 Å². The maximum atomic E-state index is 5.35. The first-order valence-corrected chi connectivity index (χ1v) is 8.16. The quantitative estimate of drug-likeness (QED) is 0.831. The summed E-state index contributed by atoms with van der Waals surface area (Å²) in [5.74, 6) is 1.85. The van der Waals surface area contributed by atoms with Crippen molar-refractivity contribution in [3.05, 3.63) is 52.9 Å². The van der Waals surface area contributed by atoms with E-state index in [-0.39, 0.29) is 0 Å². The van der Waals surface area contributed by atoms with E-state index in [4.69, 9.17) is 9.26 Å². The molecule has 1 aliphatic heterocycles. The van der Waals surface area contributed by atoms with Crippen molar-refractivity contribution in [2.24, 2.45) is 0 Å². The summed E-state index contributed by atoms with van der Waals surface area (Å²) in [6.07, 6.45) is 6.81. The molecule has 0 bridgehead atoms. The van der Waals surface area contributed by atoms with Crippen LogP contribution < -0.4 is 4.74 Å². The van der Waals surface area contributed by atoms with E-state index in [1.165, 1.54) is 24.0 Å². The predicted molar refractivity (Wildman–Crippen MR) is 91.6 cm³/mol. The fraction of sp³-hybridized carbons (Fsp3) is 0.421. The van der Waals surface area contributed by atoms with E-state index in [1.54, 1.807) is 7.11 Å². The zero-order valence-electron chi connectivity index (χ0n) is 14.1. The minimum absolute atomic E-state index is 0.432. The molecule has 0 spiro atoms. The van der Waals surface area contributed by atoms with Gasteiger partial charge in [0.15, 0.2) is 0 Å². The highest BCUT2D eigenvalue weighted by Crippen LogP contribution is 2.35. The van der Waals surface area contributed by atoms with Crippen LogP contribution in [0, 0.1) is 13.8 Å². The number of aryl methyl sites for hydroxylation is 2. The molecule has 23 heavy (non-hydrogen) atoms. The van der Waals surface area contributed by atoms with Crippen LogP contribution in [0.4, 0.5) is 0 Å². The van der Waals surface area contributed by atoms with Crippen molar-refractivity contribution in [3.8, 4) is 5.75 Å². The van der Waals surface area contributed by atoms with Crippen molar-refractivity contribution < 1.29 is 9.26 Å². The van der Waals surface area contributed by atoms with Gasteiger partial charge in [-0.1, -0.05) is 29.4 Å². The van der Waals surface area contributed by atoms with Gasteiger partial charge in [-0.2, -0.15) is 0 Å². The summed E-state index contributed by atoms with van der Waals surface area (Å²) in [5.41, 5.74) is 3.50. The lowest BCUT2D eigenvalue weighted by Gasteiger charge is -2.22. The van der Waals surface area contributed by atoms with E-state index >= 15 is 0 Å². The van der Waals surface area contributed by atoms with Gasteiger partial charge in [0.25, 0.3) is 0 Å². The molecule has 2 heterocycles. The number of benzene rings is 1. The predicted octanol–water partition coefficient (Wildman–Crippen LogP) is 4.15. The van der Waals surface area contributed by atoms with E-state index in [0.717, 1.165) is 30.3 Å². The molecule has 1 aromatic heterocycles. The van der Waals surface area contributed by atoms with Gasteiger partial charge in [-0.3, -0.25) is 4.90 Å². The molecule has 1 aliphatic rings. The number of nitrogens with zero attached hydrogens (tertiary/aromatic N) is 2. The number of rotatable bonds is 5. The second kappa shape index (κ2) is 7.01. The number of methoxy groups -OCH3 is 1. The summed E-state index contributed by atoms with van der Waals surface area (Å²) in [6, 6.07) is 8.56. The standard InChI is InChI=1S/C19H24N2O2/c1-14-19(15(2)23-20-14)18-7-5-13-21(18)12-4-6-16-8-10-17(22-3)11-9-16/h4,6,8-11,18H,5,7,12-13H2,1-3H3. The van der Waals surface area contributed by atoms with E-state index in [0.29, 0.717) is 6.04 Å². The summed E-state index contributed by atoms with van der Waals surface area (Å²) < 4.78 is 10.5. The first-order valence-electron chi connectivity index (χ1n) is 8.16. The van der Waals surface area contributed by atoms with Gasteiger partial charge in [0.1, 0.15) is 11.5 Å². The van der Waals surface area contributed by atoms with Crippen LogP contribution in [0.15, 0.2) is 34.9 Å². The second-order valence-electron chi connectivity index (χ2n) is 6.07. The third-order valence-corrected chi connectivity index (χ3v) is 4.55. The van der Waals surface area contributed by atoms with Crippen molar-refractivity contribution in [2.75, 3.05) is 20.2 Å². The van der Waals surface area contributed by atoms with Crippen molar-refractivity contribution in [1.29, 1.82) is 0 Å². The Labute approximate surface area is 137 Å². The van der Waals surface area contributed by atoms with Crippen molar-refractivity contribution in [1.82, 2.24) is 10.1 Å². The molecule has 0 N–H and O–H groups in total. The normalized spacial score (nSPS) is 18.8. The molecule has 0 amide bonds. The van der Waals surface area contributed by atoms with E-state index in [2.05, 4.69) is 34.3 Å². The molecular formula is C19H24N2O2. The fourth-order valence-corrected chi connectivity index (χ4v) is 3.38. The van der Waals surface area contributed by atoms with Crippen LogP contribution in [-0.2, 0) is 0 Å². The molecule has 0 saturated carbocycles. The SMILES string of the molecule is COc1ccc(C=CCN2CCCC2c2c(C)noc2C)cc1. The zero-order chi connectivity index (χ0) is 16.2. The zero-order valence-corrected chi connectivity index (χ0v) is 14.1. The molecular weight excluding hydrogens is 288 g/mol. The Hall–Kier alpha value is -2.07. The number of hydrogen-bond acceptors (Lipinski definition) is 4. The molecule has 3 rings (SSSR count). The second-order valence-corrected chi connectivity index (χ2v) is 6.07. The Morgan fingerprint density at radius 3 is 2.74 bits per heavy atom. The third kappa shape index (κ3) is 3.48. The van der Waals surface area contributed by atoms with E-state index < -0.39 is 0 Å². The summed E-state index contributed by atoms with van der Waals surface area (Å²) in [4.78, 5) is 2.51. The lowest BCUT2D eigenvalue weighted by molar-refractivity contribution is 0.282. The Morgan fingerprint density at radius 1 is 1.30 bits per heavy atom. The maximum Gasteiger partial charge on any atom is 0.138 e. The van der Waals surface area contributed by atoms with Crippen molar-refractivity contribution in [2.45, 2.75) is 32.7 Å². The molecule has 0 aliphatic carbocycles. The average molecular weight is 312 g/mol. The number of aromatic nitrogens is 1. The molecule has 1 saturated heterocycles. The molecule has 122 valence electrons. The highest BCUT2D eigenvalue weighted by atomic mass is 16.5. The molecule has 4 heteroatoms. The van der Waals surface area contributed by atoms with Gasteiger partial charge in [0, 0.05) is 18.2 Å². The largest absolute Gasteiger partial charge is 0.497 e. The molecule has 4 nitrogen and oxygen atoms in total. The summed E-state index contributed by atoms with van der Waals surface area (Å²) in [7, 11) is 1.69. The number of likely N-dealkylation sites (tertiary alicyclic amines) is 1.